The van der Waals surface area contributed by atoms with Gasteiger partial charge in [0.05, 0.1) is 17.1 Å². The number of nitrogens with zero attached hydrogens (tertiary/aromatic N) is 1. The van der Waals surface area contributed by atoms with Crippen LogP contribution in [0, 0.1) is 5.92 Å². The summed E-state index contributed by atoms with van der Waals surface area (Å²) < 4.78 is 0. The van der Waals surface area contributed by atoms with Crippen LogP contribution in [-0.2, 0) is 0 Å². The highest BCUT2D eigenvalue weighted by atomic mass is 16.4. The predicted molar refractivity (Wildman–Crippen MR) is 65.6 cm³/mol. The van der Waals surface area contributed by atoms with E-state index in [1.165, 1.54) is 23.1 Å². The molecular weight excluding hydrogens is 246 g/mol. The van der Waals surface area contributed by atoms with Gasteiger partial charge in [0, 0.05) is 6.54 Å². The molecule has 0 fully saturated rings. The average Bonchev–Trinajstić information content (AvgIpc) is 2.59. The van der Waals surface area contributed by atoms with E-state index < -0.39 is 11.9 Å². The predicted octanol–water partition coefficient (Wildman–Crippen LogP) is 0.692. The van der Waals surface area contributed by atoms with Gasteiger partial charge in [-0.2, -0.15) is 0 Å². The van der Waals surface area contributed by atoms with Crippen molar-refractivity contribution < 1.29 is 19.5 Å². The fourth-order valence-electron chi connectivity index (χ4n) is 2.01. The third-order valence-corrected chi connectivity index (χ3v) is 3.14. The maximum atomic E-state index is 12.1. The zero-order valence-corrected chi connectivity index (χ0v) is 10.8. The molecule has 0 bridgehead atoms. The second-order valence-corrected chi connectivity index (χ2v) is 4.99. The molecule has 0 aromatic heterocycles. The van der Waals surface area contributed by atoms with Crippen LogP contribution in [0.4, 0.5) is 0 Å². The van der Waals surface area contributed by atoms with E-state index >= 15 is 0 Å². The van der Waals surface area contributed by atoms with Gasteiger partial charge in [0.25, 0.3) is 11.8 Å². The first-order chi connectivity index (χ1) is 8.91. The highest BCUT2D eigenvalue weighted by molar-refractivity contribution is 6.21. The van der Waals surface area contributed by atoms with Gasteiger partial charge in [-0.3, -0.25) is 14.5 Å². The molecule has 1 aliphatic heterocycles. The van der Waals surface area contributed by atoms with Gasteiger partial charge in [0.2, 0.25) is 0 Å². The van der Waals surface area contributed by atoms with Crippen LogP contribution in [0.5, 0.6) is 0 Å². The van der Waals surface area contributed by atoms with Crippen molar-refractivity contribution in [2.45, 2.75) is 20.3 Å². The van der Waals surface area contributed by atoms with Crippen LogP contribution < -0.4 is 5.11 Å². The third-order valence-electron chi connectivity index (χ3n) is 3.14. The number of carbonyl (C=O) groups excluding carboxylic acids is 3. The van der Waals surface area contributed by atoms with E-state index in [4.69, 9.17) is 0 Å². The largest absolute Gasteiger partial charge is 0.545 e. The van der Waals surface area contributed by atoms with E-state index in [2.05, 4.69) is 0 Å². The molecule has 2 amide bonds. The van der Waals surface area contributed by atoms with Crippen LogP contribution in [0.1, 0.15) is 51.3 Å². The molecule has 5 nitrogen and oxygen atoms in total. The highest BCUT2D eigenvalue weighted by Gasteiger charge is 2.35. The summed E-state index contributed by atoms with van der Waals surface area (Å²) in [5.74, 6) is -1.76. The molecule has 100 valence electrons. The summed E-state index contributed by atoms with van der Waals surface area (Å²) in [6, 6.07) is 3.86. The number of carboxylic acids is 1. The summed E-state index contributed by atoms with van der Waals surface area (Å²) in [4.78, 5) is 36.1. The van der Waals surface area contributed by atoms with Crippen LogP contribution in [0.15, 0.2) is 18.2 Å². The minimum Gasteiger partial charge on any atom is -0.545 e. The van der Waals surface area contributed by atoms with Crippen LogP contribution in [-0.4, -0.2) is 29.2 Å². The lowest BCUT2D eigenvalue weighted by atomic mass is 10.1. The molecular formula is C14H14NO4-. The Labute approximate surface area is 110 Å². The summed E-state index contributed by atoms with van der Waals surface area (Å²) in [6.07, 6.45) is 0.721. The molecule has 1 aromatic carbocycles. The molecule has 0 N–H and O–H groups in total. The smallest absolute Gasteiger partial charge is 0.261 e. The number of rotatable bonds is 4. The van der Waals surface area contributed by atoms with E-state index in [0.29, 0.717) is 12.5 Å². The summed E-state index contributed by atoms with van der Waals surface area (Å²) in [6.45, 7) is 4.36. The molecule has 19 heavy (non-hydrogen) atoms. The quantitative estimate of drug-likeness (QED) is 0.746. The number of fused-ring (bicyclic) bond motifs is 1. The van der Waals surface area contributed by atoms with Gasteiger partial charge >= 0.3 is 0 Å². The number of hydrogen-bond acceptors (Lipinski definition) is 4. The molecule has 0 aliphatic carbocycles. The van der Waals surface area contributed by atoms with Crippen molar-refractivity contribution >= 4 is 17.8 Å². The maximum Gasteiger partial charge on any atom is 0.261 e. The average molecular weight is 260 g/mol. The van der Waals surface area contributed by atoms with Gasteiger partial charge in [-0.05, 0) is 30.0 Å². The first-order valence-corrected chi connectivity index (χ1v) is 6.13. The highest BCUT2D eigenvalue weighted by Crippen LogP contribution is 2.24. The normalized spacial score (nSPS) is 14.2. The molecule has 2 rings (SSSR count). The van der Waals surface area contributed by atoms with Gasteiger partial charge < -0.3 is 9.90 Å². The molecule has 1 heterocycles. The minimum atomic E-state index is -1.36. The van der Waals surface area contributed by atoms with E-state index in [1.54, 1.807) is 0 Å². The number of amides is 2. The van der Waals surface area contributed by atoms with Crippen LogP contribution >= 0.6 is 0 Å². The number of benzene rings is 1. The molecule has 0 atom stereocenters. The fraction of sp³-hybridized carbons (Fsp3) is 0.357. The maximum absolute atomic E-state index is 12.1. The Kier molecular flexibility index (Phi) is 3.38. The number of imide groups is 1. The van der Waals surface area contributed by atoms with Crippen molar-refractivity contribution in [3.63, 3.8) is 0 Å². The second kappa shape index (κ2) is 4.84. The Morgan fingerprint density at radius 1 is 1.21 bits per heavy atom. The molecule has 1 aromatic rings. The van der Waals surface area contributed by atoms with Crippen LogP contribution in [0.2, 0.25) is 0 Å². The van der Waals surface area contributed by atoms with E-state index in [-0.39, 0.29) is 22.6 Å². The Bertz CT molecular complexity index is 563. The Balaban J connectivity index is 2.31. The molecule has 1 aliphatic rings. The lowest BCUT2D eigenvalue weighted by Crippen LogP contribution is -2.31. The van der Waals surface area contributed by atoms with Crippen molar-refractivity contribution in [3.8, 4) is 0 Å². The summed E-state index contributed by atoms with van der Waals surface area (Å²) in [7, 11) is 0. The third kappa shape index (κ3) is 2.36. The zero-order chi connectivity index (χ0) is 14.2. The van der Waals surface area contributed by atoms with Crippen molar-refractivity contribution in [1.82, 2.24) is 4.90 Å². The lowest BCUT2D eigenvalue weighted by molar-refractivity contribution is -0.255. The molecule has 0 saturated carbocycles. The first kappa shape index (κ1) is 13.3. The van der Waals surface area contributed by atoms with Gasteiger partial charge in [-0.15, -0.1) is 0 Å². The first-order valence-electron chi connectivity index (χ1n) is 6.13. The summed E-state index contributed by atoms with van der Waals surface area (Å²) in [5.41, 5.74) is 0.319. The monoisotopic (exact) mass is 260 g/mol. The summed E-state index contributed by atoms with van der Waals surface area (Å²) in [5, 5.41) is 10.8. The molecule has 0 saturated heterocycles. The number of hydrogen-bond donors (Lipinski definition) is 0. The summed E-state index contributed by atoms with van der Waals surface area (Å²) >= 11 is 0. The molecule has 0 spiro atoms. The van der Waals surface area contributed by atoms with Crippen molar-refractivity contribution in [3.05, 3.63) is 34.9 Å². The van der Waals surface area contributed by atoms with Crippen molar-refractivity contribution in [2.75, 3.05) is 6.54 Å². The SMILES string of the molecule is CC(C)CCN1C(=O)c2ccc(C(=O)[O-])cc2C1=O. The number of carboxylic acid groups (broad SMARTS) is 1. The fourth-order valence-corrected chi connectivity index (χ4v) is 2.01. The second-order valence-electron chi connectivity index (χ2n) is 4.99. The van der Waals surface area contributed by atoms with Crippen molar-refractivity contribution in [2.24, 2.45) is 5.92 Å². The Hall–Kier alpha value is -2.17. The van der Waals surface area contributed by atoms with E-state index in [0.717, 1.165) is 6.42 Å². The topological polar surface area (TPSA) is 77.5 Å². The van der Waals surface area contributed by atoms with Crippen LogP contribution in [0.25, 0.3) is 0 Å². The van der Waals surface area contributed by atoms with E-state index in [9.17, 15) is 19.5 Å². The standard InChI is InChI=1S/C14H15NO4/c1-8(2)5-6-15-12(16)10-4-3-9(14(18)19)7-11(10)13(15)17/h3-4,7-8H,5-6H2,1-2H3,(H,18,19)/p-1. The Morgan fingerprint density at radius 2 is 1.84 bits per heavy atom. The van der Waals surface area contributed by atoms with Crippen molar-refractivity contribution in [1.29, 1.82) is 0 Å². The van der Waals surface area contributed by atoms with Gasteiger partial charge in [0.15, 0.2) is 0 Å². The van der Waals surface area contributed by atoms with Crippen LogP contribution in [0.3, 0.4) is 0 Å². The lowest BCUT2D eigenvalue weighted by Gasteiger charge is -2.14. The van der Waals surface area contributed by atoms with Gasteiger partial charge in [-0.25, -0.2) is 0 Å². The molecule has 0 radical (unpaired) electrons. The molecule has 0 unspecified atom stereocenters. The van der Waals surface area contributed by atoms with Gasteiger partial charge in [-0.1, -0.05) is 19.9 Å². The number of carbonyl (C=O) groups is 3. The van der Waals surface area contributed by atoms with Gasteiger partial charge in [0.1, 0.15) is 0 Å². The minimum absolute atomic E-state index is 0.0920. The zero-order valence-electron chi connectivity index (χ0n) is 10.8. The Morgan fingerprint density at radius 3 is 2.42 bits per heavy atom. The van der Waals surface area contributed by atoms with E-state index in [1.807, 2.05) is 13.8 Å². The molecule has 5 heteroatoms. The number of aromatic carboxylic acids is 1.